The highest BCUT2D eigenvalue weighted by atomic mass is 79.9. The summed E-state index contributed by atoms with van der Waals surface area (Å²) in [5.41, 5.74) is -0.461. The zero-order valence-corrected chi connectivity index (χ0v) is 27.7. The summed E-state index contributed by atoms with van der Waals surface area (Å²) in [7, 11) is -4.09. The molecular formula is C29H35BrN3O11P. The monoisotopic (exact) mass is 711 g/mol. The van der Waals surface area contributed by atoms with Gasteiger partial charge in [-0.2, -0.15) is 0 Å². The van der Waals surface area contributed by atoms with Crippen molar-refractivity contribution >= 4 is 41.9 Å². The second-order valence-corrected chi connectivity index (χ2v) is 14.0. The molecule has 5 atom stereocenters. The smallest absolute Gasteiger partial charge is 0.458 e. The molecule has 0 bridgehead atoms. The van der Waals surface area contributed by atoms with E-state index in [9.17, 15) is 23.7 Å². The maximum absolute atomic E-state index is 13.5. The van der Waals surface area contributed by atoms with Crippen molar-refractivity contribution in [2.24, 2.45) is 0 Å². The number of likely N-dealkylation sites (tertiary alicyclic amines) is 1. The van der Waals surface area contributed by atoms with Crippen molar-refractivity contribution in [1.82, 2.24) is 14.5 Å². The summed E-state index contributed by atoms with van der Waals surface area (Å²) >= 11 is 3.12. The molecule has 0 saturated carbocycles. The molecule has 0 spiro atoms. The van der Waals surface area contributed by atoms with Crippen molar-refractivity contribution < 1.29 is 41.9 Å². The fourth-order valence-electron chi connectivity index (χ4n) is 5.30. The Labute approximate surface area is 267 Å². The molecule has 1 unspecified atom stereocenters. The van der Waals surface area contributed by atoms with Crippen LogP contribution in [0.3, 0.4) is 0 Å². The number of carbonyl (C=O) groups excluding carboxylic acids is 2. The van der Waals surface area contributed by atoms with E-state index in [-0.39, 0.29) is 25.2 Å². The quantitative estimate of drug-likeness (QED) is 0.317. The number of amides is 1. The minimum absolute atomic E-state index is 0.000325. The molecule has 16 heteroatoms. The third kappa shape index (κ3) is 7.60. The predicted molar refractivity (Wildman–Crippen MR) is 164 cm³/mol. The molecular weight excluding hydrogens is 677 g/mol. The number of aryl methyl sites for hydroxylation is 1. The summed E-state index contributed by atoms with van der Waals surface area (Å²) in [4.78, 5) is 56.3. The van der Waals surface area contributed by atoms with Crippen LogP contribution in [-0.2, 0) is 39.2 Å². The Balaban J connectivity index is 1.36. The number of nitrogens with one attached hydrogen (secondary N) is 1. The van der Waals surface area contributed by atoms with E-state index in [2.05, 4.69) is 20.9 Å². The lowest BCUT2D eigenvalue weighted by molar-refractivity contribution is -0.158. The number of fused-ring (bicyclic) bond motifs is 1. The number of hydrogen-bond acceptors (Lipinski definition) is 11. The Kier molecular flexibility index (Phi) is 9.76. The molecule has 1 amide bonds. The molecule has 3 aliphatic rings. The first-order valence-corrected chi connectivity index (χ1v) is 16.8. The van der Waals surface area contributed by atoms with Gasteiger partial charge in [0.2, 0.25) is 0 Å². The Morgan fingerprint density at radius 1 is 1.24 bits per heavy atom. The van der Waals surface area contributed by atoms with Gasteiger partial charge in [-0.05, 0) is 57.2 Å². The van der Waals surface area contributed by atoms with E-state index in [4.69, 9.17) is 27.8 Å². The van der Waals surface area contributed by atoms with Gasteiger partial charge in [-0.3, -0.25) is 28.3 Å². The topological polar surface area (TPSA) is 165 Å². The lowest BCUT2D eigenvalue weighted by atomic mass is 10.1. The number of H-pyrrole nitrogens is 1. The van der Waals surface area contributed by atoms with Crippen LogP contribution in [0.2, 0.25) is 0 Å². The maximum atomic E-state index is 13.5. The van der Waals surface area contributed by atoms with E-state index in [1.165, 1.54) is 26.7 Å². The van der Waals surface area contributed by atoms with Gasteiger partial charge >= 0.3 is 25.6 Å². The van der Waals surface area contributed by atoms with E-state index >= 15 is 0 Å². The highest BCUT2D eigenvalue weighted by molar-refractivity contribution is 9.11. The number of halogens is 1. The molecule has 1 aromatic heterocycles. The number of phosphoric acid groups is 1. The standard InChI is InChI=1S/C29H35BrN3O11P/c1-17-7-5-8-19-15-39-45(38,44-24(17)19)40-16-22-21(13-23(41-22)33-14-18(10-11-30)25(34)31-27(33)36)42-26(35)20-9-6-12-32(20)28(37)43-29(2,3)4/h5,7-8,10-11,14,20-23H,6,9,12-13,15-16H2,1-4H3,(H,31,34,36)/b11-10+/t20-,21-,22+,23+,45?/m0/s1. The van der Waals surface area contributed by atoms with Crippen molar-refractivity contribution in [2.75, 3.05) is 13.2 Å². The van der Waals surface area contributed by atoms with Crippen molar-refractivity contribution in [2.45, 2.75) is 83.6 Å². The molecule has 0 aliphatic carbocycles. The molecule has 3 aliphatic heterocycles. The lowest BCUT2D eigenvalue weighted by Crippen LogP contribution is -2.45. The molecule has 1 N–H and O–H groups in total. The number of benzene rings is 1. The first kappa shape index (κ1) is 33.1. The van der Waals surface area contributed by atoms with Crippen molar-refractivity contribution in [1.29, 1.82) is 0 Å². The number of esters is 1. The largest absolute Gasteiger partial charge is 0.530 e. The molecule has 2 saturated heterocycles. The van der Waals surface area contributed by atoms with Gasteiger partial charge in [0.1, 0.15) is 35.8 Å². The van der Waals surface area contributed by atoms with E-state index < -0.39 is 61.2 Å². The highest BCUT2D eigenvalue weighted by Gasteiger charge is 2.45. The summed E-state index contributed by atoms with van der Waals surface area (Å²) in [5.74, 6) is -0.286. The zero-order valence-electron chi connectivity index (χ0n) is 25.2. The second-order valence-electron chi connectivity index (χ2n) is 11.9. The third-order valence-electron chi connectivity index (χ3n) is 7.42. The Morgan fingerprint density at radius 3 is 2.76 bits per heavy atom. The fraction of sp³-hybridized carbons (Fsp3) is 0.517. The Bertz CT molecular complexity index is 1650. The molecule has 4 heterocycles. The summed E-state index contributed by atoms with van der Waals surface area (Å²) in [6.07, 6.45) is 0.0526. The van der Waals surface area contributed by atoms with Crippen LogP contribution >= 0.6 is 23.8 Å². The number of phosphoric ester groups is 1. The first-order valence-electron chi connectivity index (χ1n) is 14.4. The van der Waals surface area contributed by atoms with Gasteiger partial charge in [0.05, 0.1) is 18.8 Å². The average Bonchev–Trinajstić information content (AvgIpc) is 3.61. The molecule has 2 fully saturated rings. The average molecular weight is 712 g/mol. The molecule has 45 heavy (non-hydrogen) atoms. The van der Waals surface area contributed by atoms with Crippen LogP contribution in [0.4, 0.5) is 4.79 Å². The van der Waals surface area contributed by atoms with E-state index in [0.29, 0.717) is 30.7 Å². The lowest BCUT2D eigenvalue weighted by Gasteiger charge is -2.29. The van der Waals surface area contributed by atoms with E-state index in [1.807, 2.05) is 6.07 Å². The Morgan fingerprint density at radius 2 is 2.02 bits per heavy atom. The van der Waals surface area contributed by atoms with Crippen LogP contribution in [0.1, 0.15) is 63.0 Å². The maximum Gasteiger partial charge on any atom is 0.530 e. The SMILES string of the molecule is Cc1cccc2c1OP(=O)(OC[C@H]1O[C@@H](n3cc(/C=C/Br)c(=O)[nH]c3=O)C[C@@H]1OC(=O)[C@@H]1CCCN1C(=O)OC(C)(C)C)OC2. The summed E-state index contributed by atoms with van der Waals surface area (Å²) in [5, 5.41) is 0. The van der Waals surface area contributed by atoms with Crippen LogP contribution in [-0.4, -0.2) is 63.5 Å². The van der Waals surface area contributed by atoms with E-state index in [0.717, 1.165) is 5.56 Å². The Hall–Kier alpha value is -3.23. The van der Waals surface area contributed by atoms with Gasteiger partial charge in [-0.25, -0.2) is 18.9 Å². The van der Waals surface area contributed by atoms with Gasteiger partial charge < -0.3 is 18.7 Å². The number of aromatic amines is 1. The number of nitrogens with zero attached hydrogens (tertiary/aromatic N) is 2. The first-order chi connectivity index (χ1) is 21.3. The van der Waals surface area contributed by atoms with Crippen LogP contribution in [0.15, 0.2) is 39.0 Å². The molecule has 1 aromatic carbocycles. The summed E-state index contributed by atoms with van der Waals surface area (Å²) in [6.45, 7) is 6.94. The molecule has 5 rings (SSSR count). The van der Waals surface area contributed by atoms with Gasteiger partial charge in [0, 0.05) is 24.7 Å². The number of ether oxygens (including phenoxy) is 3. The third-order valence-corrected chi connectivity index (χ3v) is 9.00. The molecule has 0 radical (unpaired) electrons. The van der Waals surface area contributed by atoms with Crippen LogP contribution in [0.25, 0.3) is 6.08 Å². The molecule has 2 aromatic rings. The van der Waals surface area contributed by atoms with E-state index in [1.54, 1.807) is 39.8 Å². The van der Waals surface area contributed by atoms with Crippen LogP contribution < -0.4 is 15.8 Å². The van der Waals surface area contributed by atoms with Crippen molar-refractivity contribution in [3.8, 4) is 5.75 Å². The summed E-state index contributed by atoms with van der Waals surface area (Å²) < 4.78 is 48.9. The van der Waals surface area contributed by atoms with Crippen LogP contribution in [0, 0.1) is 6.92 Å². The second kappa shape index (κ2) is 13.2. The predicted octanol–water partition coefficient (Wildman–Crippen LogP) is 4.54. The fourth-order valence-corrected chi connectivity index (χ4v) is 6.87. The number of hydrogen-bond donors (Lipinski definition) is 1. The molecule has 14 nitrogen and oxygen atoms in total. The van der Waals surface area contributed by atoms with Crippen LogP contribution in [0.5, 0.6) is 5.75 Å². The van der Waals surface area contributed by atoms with Crippen molar-refractivity contribution in [3.05, 3.63) is 66.9 Å². The number of aromatic nitrogens is 2. The zero-order chi connectivity index (χ0) is 32.5. The number of carbonyl (C=O) groups is 2. The molecule has 244 valence electrons. The summed E-state index contributed by atoms with van der Waals surface area (Å²) in [6, 6.07) is 4.53. The van der Waals surface area contributed by atoms with Crippen molar-refractivity contribution in [3.63, 3.8) is 0 Å². The number of para-hydroxylation sites is 1. The minimum Gasteiger partial charge on any atom is -0.458 e. The highest BCUT2D eigenvalue weighted by Crippen LogP contribution is 2.55. The van der Waals surface area contributed by atoms with Gasteiger partial charge in [-0.15, -0.1) is 0 Å². The van der Waals surface area contributed by atoms with Gasteiger partial charge in [-0.1, -0.05) is 34.1 Å². The van der Waals surface area contributed by atoms with Gasteiger partial charge in [0.25, 0.3) is 5.56 Å². The number of rotatable bonds is 7. The normalized spacial score (nSPS) is 26.5. The minimum atomic E-state index is -4.09. The van der Waals surface area contributed by atoms with Gasteiger partial charge in [0.15, 0.2) is 0 Å².